The molecule has 0 aliphatic carbocycles. The number of rotatable bonds is 5. The molecule has 1 aromatic carbocycles. The van der Waals surface area contributed by atoms with Crippen LogP contribution in [0.1, 0.15) is 17.3 Å². The molecule has 7 nitrogen and oxygen atoms in total. The minimum Gasteiger partial charge on any atom is -0.379 e. The van der Waals surface area contributed by atoms with Crippen molar-refractivity contribution in [1.82, 2.24) is 14.8 Å². The largest absolute Gasteiger partial charge is 0.416 e. The van der Waals surface area contributed by atoms with E-state index in [4.69, 9.17) is 4.74 Å². The number of ether oxygens (including phenoxy) is 1. The first kappa shape index (κ1) is 21.8. The van der Waals surface area contributed by atoms with E-state index in [0.29, 0.717) is 26.3 Å². The van der Waals surface area contributed by atoms with Gasteiger partial charge in [-0.3, -0.25) is 14.5 Å². The monoisotopic (exact) mass is 424 g/mol. The Hall–Kier alpha value is -2.85. The van der Waals surface area contributed by atoms with Gasteiger partial charge in [0.15, 0.2) is 0 Å². The molecule has 1 atom stereocenters. The lowest BCUT2D eigenvalue weighted by Crippen LogP contribution is -2.46. The number of nitrogens with zero attached hydrogens (tertiary/aromatic N) is 2. The molecule has 3 rings (SSSR count). The lowest BCUT2D eigenvalue weighted by molar-refractivity contribution is -0.137. The Balaban J connectivity index is 1.63. The molecular weight excluding hydrogens is 401 g/mol. The third-order valence-electron chi connectivity index (χ3n) is 4.92. The molecule has 2 N–H and O–H groups in total. The number of morpholine rings is 1. The van der Waals surface area contributed by atoms with E-state index in [1.54, 1.807) is 0 Å². The van der Waals surface area contributed by atoms with Crippen molar-refractivity contribution in [2.75, 3.05) is 38.2 Å². The van der Waals surface area contributed by atoms with Gasteiger partial charge in [-0.25, -0.2) is 0 Å². The van der Waals surface area contributed by atoms with Crippen LogP contribution < -0.4 is 10.6 Å². The van der Waals surface area contributed by atoms with E-state index in [0.717, 1.165) is 17.8 Å². The average Bonchev–Trinajstić information content (AvgIpc) is 3.14. The molecule has 162 valence electrons. The van der Waals surface area contributed by atoms with Crippen LogP contribution in [-0.2, 0) is 27.5 Å². The number of nitrogens with one attached hydrogen (secondary N) is 2. The van der Waals surface area contributed by atoms with Crippen molar-refractivity contribution in [3.05, 3.63) is 53.9 Å². The quantitative estimate of drug-likeness (QED) is 0.722. The summed E-state index contributed by atoms with van der Waals surface area (Å²) in [6, 6.07) is 7.80. The van der Waals surface area contributed by atoms with E-state index in [2.05, 4.69) is 15.5 Å². The molecule has 0 radical (unpaired) electrons. The molecule has 0 spiro atoms. The van der Waals surface area contributed by atoms with Gasteiger partial charge >= 0.3 is 18.0 Å². The molecule has 1 fully saturated rings. The number of hydrogen-bond donors (Lipinski definition) is 2. The van der Waals surface area contributed by atoms with Gasteiger partial charge in [-0.05, 0) is 30.3 Å². The summed E-state index contributed by atoms with van der Waals surface area (Å²) in [5, 5.41) is 4.81. The summed E-state index contributed by atoms with van der Waals surface area (Å²) in [5.74, 6) is -1.94. The standard InChI is InChI=1S/C20H23F3N4O3/c1-26-7-3-6-16(26)17(27-8-10-30-11-9-27)13-24-18(28)19(29)25-15-5-2-4-14(12-15)20(21,22)23/h2-7,12,17H,8-11,13H2,1H3,(H,24,28)(H,25,29)/t17-/m0/s1. The summed E-state index contributed by atoms with van der Waals surface area (Å²) >= 11 is 0. The minimum atomic E-state index is -4.54. The fourth-order valence-corrected chi connectivity index (χ4v) is 3.36. The zero-order valence-electron chi connectivity index (χ0n) is 16.4. The summed E-state index contributed by atoms with van der Waals surface area (Å²) in [5.41, 5.74) is -0.0376. The highest BCUT2D eigenvalue weighted by molar-refractivity contribution is 6.39. The molecule has 1 aliphatic rings. The van der Waals surface area contributed by atoms with Gasteiger partial charge in [0.05, 0.1) is 24.8 Å². The van der Waals surface area contributed by atoms with Crippen molar-refractivity contribution in [2.45, 2.75) is 12.2 Å². The van der Waals surface area contributed by atoms with Crippen molar-refractivity contribution in [3.63, 3.8) is 0 Å². The Bertz CT molecular complexity index is 891. The number of aryl methyl sites for hydroxylation is 1. The number of amides is 2. The van der Waals surface area contributed by atoms with Gasteiger partial charge in [0.25, 0.3) is 0 Å². The number of halogens is 3. The molecule has 30 heavy (non-hydrogen) atoms. The van der Waals surface area contributed by atoms with Crippen molar-refractivity contribution < 1.29 is 27.5 Å². The van der Waals surface area contributed by atoms with Crippen LogP contribution in [0.3, 0.4) is 0 Å². The molecule has 2 heterocycles. The second kappa shape index (κ2) is 9.31. The number of carbonyl (C=O) groups is 2. The maximum atomic E-state index is 12.8. The molecule has 0 bridgehead atoms. The number of hydrogen-bond acceptors (Lipinski definition) is 4. The van der Waals surface area contributed by atoms with Crippen LogP contribution in [0.15, 0.2) is 42.6 Å². The fourth-order valence-electron chi connectivity index (χ4n) is 3.36. The van der Waals surface area contributed by atoms with E-state index in [1.807, 2.05) is 29.9 Å². The lowest BCUT2D eigenvalue weighted by Gasteiger charge is -2.34. The zero-order chi connectivity index (χ0) is 21.7. The number of alkyl halides is 3. The van der Waals surface area contributed by atoms with Gasteiger partial charge in [-0.1, -0.05) is 6.07 Å². The second-order valence-electron chi connectivity index (χ2n) is 6.95. The fraction of sp³-hybridized carbons (Fsp3) is 0.400. The number of benzene rings is 1. The van der Waals surface area contributed by atoms with Crippen molar-refractivity contribution >= 4 is 17.5 Å². The van der Waals surface area contributed by atoms with Crippen LogP contribution >= 0.6 is 0 Å². The molecule has 2 aromatic rings. The summed E-state index contributed by atoms with van der Waals surface area (Å²) < 4.78 is 45.8. The first-order valence-corrected chi connectivity index (χ1v) is 9.45. The molecule has 1 aliphatic heterocycles. The predicted molar refractivity (Wildman–Crippen MR) is 104 cm³/mol. The molecule has 0 unspecified atom stereocenters. The predicted octanol–water partition coefficient (Wildman–Crippen LogP) is 2.17. The molecule has 2 amide bonds. The van der Waals surface area contributed by atoms with Crippen molar-refractivity contribution in [3.8, 4) is 0 Å². The van der Waals surface area contributed by atoms with Crippen LogP contribution in [0.5, 0.6) is 0 Å². The normalized spacial score (nSPS) is 16.1. The van der Waals surface area contributed by atoms with Gasteiger partial charge < -0.3 is 19.9 Å². The Kier molecular flexibility index (Phi) is 6.78. The highest BCUT2D eigenvalue weighted by atomic mass is 19.4. The van der Waals surface area contributed by atoms with E-state index in [1.165, 1.54) is 12.1 Å². The van der Waals surface area contributed by atoms with Crippen LogP contribution in [0.25, 0.3) is 0 Å². The highest BCUT2D eigenvalue weighted by Crippen LogP contribution is 2.30. The van der Waals surface area contributed by atoms with Gasteiger partial charge in [0, 0.05) is 44.3 Å². The molecule has 1 saturated heterocycles. The third-order valence-corrected chi connectivity index (χ3v) is 4.92. The number of carbonyl (C=O) groups excluding carboxylic acids is 2. The third kappa shape index (κ3) is 5.39. The van der Waals surface area contributed by atoms with Crippen LogP contribution in [-0.4, -0.2) is 54.1 Å². The lowest BCUT2D eigenvalue weighted by atomic mass is 10.1. The van der Waals surface area contributed by atoms with Crippen molar-refractivity contribution in [2.24, 2.45) is 7.05 Å². The zero-order valence-corrected chi connectivity index (χ0v) is 16.4. The van der Waals surface area contributed by atoms with Crippen LogP contribution in [0.4, 0.5) is 18.9 Å². The maximum absolute atomic E-state index is 12.8. The van der Waals surface area contributed by atoms with Crippen LogP contribution in [0.2, 0.25) is 0 Å². The SMILES string of the molecule is Cn1cccc1[C@H](CNC(=O)C(=O)Nc1cccc(C(F)(F)F)c1)N1CCOCC1. The number of anilines is 1. The summed E-state index contributed by atoms with van der Waals surface area (Å²) in [6.07, 6.45) is -2.64. The van der Waals surface area contributed by atoms with Gasteiger partial charge in [-0.2, -0.15) is 13.2 Å². The Morgan fingerprint density at radius 2 is 1.87 bits per heavy atom. The highest BCUT2D eigenvalue weighted by Gasteiger charge is 2.31. The van der Waals surface area contributed by atoms with E-state index < -0.39 is 23.6 Å². The first-order valence-electron chi connectivity index (χ1n) is 9.45. The summed E-state index contributed by atoms with van der Waals surface area (Å²) in [7, 11) is 1.89. The smallest absolute Gasteiger partial charge is 0.379 e. The van der Waals surface area contributed by atoms with Crippen LogP contribution in [0, 0.1) is 0 Å². The molecule has 10 heteroatoms. The Labute approximate surface area is 171 Å². The van der Waals surface area contributed by atoms with Gasteiger partial charge in [-0.15, -0.1) is 0 Å². The number of aromatic nitrogens is 1. The minimum absolute atomic E-state index is 0.0999. The van der Waals surface area contributed by atoms with E-state index in [9.17, 15) is 22.8 Å². The first-order chi connectivity index (χ1) is 14.3. The molecule has 0 saturated carbocycles. The van der Waals surface area contributed by atoms with E-state index in [-0.39, 0.29) is 18.3 Å². The topological polar surface area (TPSA) is 75.6 Å². The average molecular weight is 424 g/mol. The van der Waals surface area contributed by atoms with Crippen molar-refractivity contribution in [1.29, 1.82) is 0 Å². The van der Waals surface area contributed by atoms with Gasteiger partial charge in [0.1, 0.15) is 0 Å². The van der Waals surface area contributed by atoms with Gasteiger partial charge in [0.2, 0.25) is 0 Å². The summed E-state index contributed by atoms with van der Waals surface area (Å²) in [4.78, 5) is 26.6. The molecule has 1 aromatic heterocycles. The molecular formula is C20H23F3N4O3. The Morgan fingerprint density at radius 1 is 1.13 bits per heavy atom. The summed E-state index contributed by atoms with van der Waals surface area (Å²) in [6.45, 7) is 2.69. The second-order valence-corrected chi connectivity index (χ2v) is 6.95. The Morgan fingerprint density at radius 3 is 2.50 bits per heavy atom. The van der Waals surface area contributed by atoms with E-state index >= 15 is 0 Å². The maximum Gasteiger partial charge on any atom is 0.416 e.